The summed E-state index contributed by atoms with van der Waals surface area (Å²) in [4.78, 5) is -0.331. The van der Waals surface area contributed by atoms with Crippen LogP contribution in [0.4, 0.5) is 24.5 Å². The summed E-state index contributed by atoms with van der Waals surface area (Å²) < 4.78 is 92.7. The van der Waals surface area contributed by atoms with Crippen LogP contribution >= 0.6 is 0 Å². The lowest BCUT2D eigenvalue weighted by molar-refractivity contribution is -0.137. The first kappa shape index (κ1) is 23.4. The van der Waals surface area contributed by atoms with Crippen LogP contribution in [0.5, 0.6) is 0 Å². The summed E-state index contributed by atoms with van der Waals surface area (Å²) in [5.74, 6) is 0. The Morgan fingerprint density at radius 1 is 0.719 bits per heavy atom. The third-order valence-corrected chi connectivity index (χ3v) is 6.48. The number of benzene rings is 3. The van der Waals surface area contributed by atoms with Crippen molar-refractivity contribution in [1.82, 2.24) is 0 Å². The van der Waals surface area contributed by atoms with Gasteiger partial charge in [0.25, 0.3) is 20.0 Å². The van der Waals surface area contributed by atoms with Gasteiger partial charge in [-0.2, -0.15) is 13.2 Å². The van der Waals surface area contributed by atoms with Gasteiger partial charge in [-0.1, -0.05) is 42.5 Å². The van der Waals surface area contributed by atoms with Crippen molar-refractivity contribution >= 4 is 37.5 Å². The van der Waals surface area contributed by atoms with E-state index in [1.54, 1.807) is 30.3 Å². The van der Waals surface area contributed by atoms with Crippen LogP contribution in [0.25, 0.3) is 6.08 Å². The zero-order chi connectivity index (χ0) is 23.4. The first-order chi connectivity index (χ1) is 14.9. The highest BCUT2D eigenvalue weighted by Crippen LogP contribution is 2.31. The van der Waals surface area contributed by atoms with Gasteiger partial charge in [0.2, 0.25) is 0 Å². The molecular formula is C21H17F3N2O4S2. The Morgan fingerprint density at radius 3 is 2.00 bits per heavy atom. The molecule has 0 amide bonds. The van der Waals surface area contributed by atoms with E-state index >= 15 is 0 Å². The molecule has 0 atom stereocenters. The van der Waals surface area contributed by atoms with Gasteiger partial charge in [-0.15, -0.1) is 0 Å². The number of hydrogen-bond acceptors (Lipinski definition) is 4. The zero-order valence-electron chi connectivity index (χ0n) is 16.2. The molecule has 11 heteroatoms. The molecule has 0 bridgehead atoms. The second-order valence-corrected chi connectivity index (χ2v) is 9.82. The minimum absolute atomic E-state index is 0.0328. The van der Waals surface area contributed by atoms with Crippen molar-refractivity contribution in [3.8, 4) is 0 Å². The minimum Gasteiger partial charge on any atom is -0.280 e. The van der Waals surface area contributed by atoms with Crippen molar-refractivity contribution in [2.24, 2.45) is 0 Å². The maximum atomic E-state index is 12.9. The predicted octanol–water partition coefficient (Wildman–Crippen LogP) is 4.92. The highest BCUT2D eigenvalue weighted by atomic mass is 32.2. The van der Waals surface area contributed by atoms with E-state index in [0.717, 1.165) is 23.6 Å². The van der Waals surface area contributed by atoms with Crippen LogP contribution in [0.15, 0.2) is 89.2 Å². The summed E-state index contributed by atoms with van der Waals surface area (Å²) in [6, 6.07) is 17.3. The second kappa shape index (κ2) is 9.05. The number of halogens is 3. The molecule has 32 heavy (non-hydrogen) atoms. The van der Waals surface area contributed by atoms with Gasteiger partial charge >= 0.3 is 6.18 Å². The normalized spacial score (nSPS) is 12.6. The molecule has 0 radical (unpaired) electrons. The fourth-order valence-electron chi connectivity index (χ4n) is 2.63. The Balaban J connectivity index is 1.80. The van der Waals surface area contributed by atoms with Crippen LogP contribution < -0.4 is 9.44 Å². The lowest BCUT2D eigenvalue weighted by Gasteiger charge is -2.12. The molecule has 0 aliphatic carbocycles. The van der Waals surface area contributed by atoms with E-state index in [-0.39, 0.29) is 16.3 Å². The van der Waals surface area contributed by atoms with E-state index in [0.29, 0.717) is 11.6 Å². The number of alkyl halides is 3. The van der Waals surface area contributed by atoms with Gasteiger partial charge in [-0.3, -0.25) is 9.44 Å². The van der Waals surface area contributed by atoms with Gasteiger partial charge < -0.3 is 0 Å². The maximum absolute atomic E-state index is 12.9. The molecule has 6 nitrogen and oxygen atoms in total. The van der Waals surface area contributed by atoms with Crippen molar-refractivity contribution in [2.75, 3.05) is 9.44 Å². The number of nitrogens with one attached hydrogen (secondary N) is 2. The van der Waals surface area contributed by atoms with Crippen LogP contribution in [0, 0.1) is 0 Å². The van der Waals surface area contributed by atoms with E-state index in [1.165, 1.54) is 30.3 Å². The van der Waals surface area contributed by atoms with Gasteiger partial charge in [0.05, 0.1) is 21.6 Å². The third kappa shape index (κ3) is 6.34. The molecule has 0 aliphatic rings. The average molecular weight is 483 g/mol. The van der Waals surface area contributed by atoms with Crippen LogP contribution in [0.2, 0.25) is 0 Å². The monoisotopic (exact) mass is 482 g/mol. The SMILES string of the molecule is O=S(=O)(/C=C/c1ccccc1)Nc1cccc(S(=O)(=O)Nc2cccc(C(F)(F)F)c2)c1. The Labute approximate surface area is 183 Å². The molecule has 0 spiro atoms. The van der Waals surface area contributed by atoms with Crippen molar-refractivity contribution in [3.05, 3.63) is 95.4 Å². The van der Waals surface area contributed by atoms with Crippen molar-refractivity contribution in [2.45, 2.75) is 11.1 Å². The summed E-state index contributed by atoms with van der Waals surface area (Å²) in [5, 5.41) is 0.935. The molecule has 0 aromatic heterocycles. The van der Waals surface area contributed by atoms with Crippen LogP contribution in [0.1, 0.15) is 11.1 Å². The fourth-order valence-corrected chi connectivity index (χ4v) is 4.59. The summed E-state index contributed by atoms with van der Waals surface area (Å²) in [7, 11) is -8.23. The Morgan fingerprint density at radius 2 is 1.34 bits per heavy atom. The molecule has 0 fully saturated rings. The number of anilines is 2. The summed E-state index contributed by atoms with van der Waals surface area (Å²) in [6.07, 6.45) is -3.26. The molecule has 0 unspecified atom stereocenters. The molecule has 3 aromatic rings. The summed E-state index contributed by atoms with van der Waals surface area (Å²) in [6.45, 7) is 0. The molecule has 2 N–H and O–H groups in total. The van der Waals surface area contributed by atoms with Gasteiger partial charge in [0.1, 0.15) is 0 Å². The van der Waals surface area contributed by atoms with Crippen molar-refractivity contribution in [3.63, 3.8) is 0 Å². The molecular weight excluding hydrogens is 465 g/mol. The number of hydrogen-bond donors (Lipinski definition) is 2. The molecule has 0 saturated carbocycles. The first-order valence-corrected chi connectivity index (χ1v) is 12.0. The smallest absolute Gasteiger partial charge is 0.280 e. The van der Waals surface area contributed by atoms with E-state index < -0.39 is 31.8 Å². The maximum Gasteiger partial charge on any atom is 0.416 e. The molecule has 0 heterocycles. The number of rotatable bonds is 7. The lowest BCUT2D eigenvalue weighted by atomic mass is 10.2. The Kier molecular flexibility index (Phi) is 6.60. The van der Waals surface area contributed by atoms with Crippen LogP contribution in [-0.4, -0.2) is 16.8 Å². The van der Waals surface area contributed by atoms with E-state index in [9.17, 15) is 30.0 Å². The van der Waals surface area contributed by atoms with Crippen LogP contribution in [-0.2, 0) is 26.2 Å². The van der Waals surface area contributed by atoms with E-state index in [1.807, 2.05) is 0 Å². The predicted molar refractivity (Wildman–Crippen MR) is 117 cm³/mol. The largest absolute Gasteiger partial charge is 0.416 e. The number of sulfonamides is 2. The summed E-state index contributed by atoms with van der Waals surface area (Å²) >= 11 is 0. The third-order valence-electron chi connectivity index (χ3n) is 4.09. The van der Waals surface area contributed by atoms with E-state index in [4.69, 9.17) is 0 Å². The highest BCUT2D eigenvalue weighted by Gasteiger charge is 2.30. The first-order valence-electron chi connectivity index (χ1n) is 9.01. The van der Waals surface area contributed by atoms with Crippen molar-refractivity contribution < 1.29 is 30.0 Å². The fraction of sp³-hybridized carbons (Fsp3) is 0.0476. The van der Waals surface area contributed by atoms with E-state index in [2.05, 4.69) is 9.44 Å². The molecule has 0 saturated heterocycles. The van der Waals surface area contributed by atoms with Gasteiger partial charge in [0.15, 0.2) is 0 Å². The molecule has 3 aromatic carbocycles. The van der Waals surface area contributed by atoms with Gasteiger partial charge in [-0.05, 0) is 48.0 Å². The highest BCUT2D eigenvalue weighted by molar-refractivity contribution is 7.95. The second-order valence-electron chi connectivity index (χ2n) is 6.57. The van der Waals surface area contributed by atoms with Gasteiger partial charge in [0, 0.05) is 5.69 Å². The Bertz CT molecular complexity index is 1340. The lowest BCUT2D eigenvalue weighted by Crippen LogP contribution is -2.15. The molecule has 168 valence electrons. The molecule has 0 aliphatic heterocycles. The Hall–Kier alpha value is -3.31. The topological polar surface area (TPSA) is 92.3 Å². The standard InChI is InChI=1S/C21H17F3N2O4S2/c22-21(23,24)17-8-4-9-18(14-17)26-32(29,30)20-11-5-10-19(15-20)25-31(27,28)13-12-16-6-2-1-3-7-16/h1-15,25-26H/b13-12+. The molecule has 3 rings (SSSR count). The summed E-state index contributed by atoms with van der Waals surface area (Å²) in [5.41, 5.74) is -0.671. The zero-order valence-corrected chi connectivity index (χ0v) is 17.9. The average Bonchev–Trinajstić information content (AvgIpc) is 2.72. The minimum atomic E-state index is -4.63. The quantitative estimate of drug-likeness (QED) is 0.500. The van der Waals surface area contributed by atoms with Crippen LogP contribution in [0.3, 0.4) is 0 Å². The van der Waals surface area contributed by atoms with Crippen molar-refractivity contribution in [1.29, 1.82) is 0 Å². The van der Waals surface area contributed by atoms with Gasteiger partial charge in [-0.25, -0.2) is 16.8 Å².